The molecule has 0 bridgehead atoms. The van der Waals surface area contributed by atoms with E-state index in [2.05, 4.69) is 15.4 Å². The molecule has 1 aliphatic rings. The van der Waals surface area contributed by atoms with E-state index in [0.29, 0.717) is 0 Å². The van der Waals surface area contributed by atoms with Gasteiger partial charge in [-0.05, 0) is 0 Å². The summed E-state index contributed by atoms with van der Waals surface area (Å²) in [6.07, 6.45) is 1.34. The monoisotopic (exact) mass is 307 g/mol. The van der Waals surface area contributed by atoms with E-state index in [0.717, 1.165) is 0 Å². The van der Waals surface area contributed by atoms with Crippen LogP contribution in [0, 0.1) is 5.41 Å². The molecule has 0 atom stereocenters. The van der Waals surface area contributed by atoms with Gasteiger partial charge < -0.3 is 25.7 Å². The second kappa shape index (κ2) is 6.87. The number of phenols is 2. The minimum atomic E-state index is -0.187. The van der Waals surface area contributed by atoms with E-state index >= 15 is 0 Å². The highest BCUT2D eigenvalue weighted by Gasteiger charge is 2.20. The number of rotatable bonds is 6. The lowest BCUT2D eigenvalue weighted by molar-refractivity contribution is 0.255. The van der Waals surface area contributed by atoms with Crippen LogP contribution in [-0.4, -0.2) is 69.5 Å². The van der Waals surface area contributed by atoms with Gasteiger partial charge in [-0.25, -0.2) is 10.0 Å². The summed E-state index contributed by atoms with van der Waals surface area (Å²) in [5.41, 5.74) is 0.566. The van der Waals surface area contributed by atoms with Crippen LogP contribution in [0.25, 0.3) is 0 Å². The minimum absolute atomic E-state index is 0.00424. The first-order valence-corrected chi connectivity index (χ1v) is 6.57. The lowest BCUT2D eigenvalue weighted by Gasteiger charge is -2.12. The molecule has 0 amide bonds. The highest BCUT2D eigenvalue weighted by Crippen LogP contribution is 2.36. The summed E-state index contributed by atoms with van der Waals surface area (Å²) in [5, 5.41) is 53.2. The number of aliphatic hydroxyl groups excluding tert-OH is 2. The zero-order chi connectivity index (χ0) is 16.1. The van der Waals surface area contributed by atoms with Gasteiger partial charge >= 0.3 is 0 Å². The summed E-state index contributed by atoms with van der Waals surface area (Å²) in [6.45, 7) is 0.146. The topological polar surface area (TPSA) is 145 Å². The van der Waals surface area contributed by atoms with Gasteiger partial charge in [-0.15, -0.1) is 0 Å². The van der Waals surface area contributed by atoms with E-state index in [9.17, 15) is 10.2 Å². The van der Waals surface area contributed by atoms with Crippen molar-refractivity contribution in [2.45, 2.75) is 0 Å². The van der Waals surface area contributed by atoms with E-state index in [1.165, 1.54) is 23.4 Å². The molecule has 0 aliphatic carbocycles. The molecule has 0 saturated heterocycles. The second-order valence-electron chi connectivity index (χ2n) is 4.45. The van der Waals surface area contributed by atoms with Crippen LogP contribution in [0.5, 0.6) is 11.5 Å². The zero-order valence-electron chi connectivity index (χ0n) is 11.7. The highest BCUT2D eigenvalue weighted by molar-refractivity contribution is 6.63. The number of β-amino-alcohol motifs (C(OH)–C–C–N with tert-alkyl or cyclic N) is 1. The number of nitrogens with zero attached hydrogens (tertiary/aromatic N) is 3. The minimum Gasteiger partial charge on any atom is -0.506 e. The normalized spacial score (nSPS) is 15.8. The lowest BCUT2D eigenvalue weighted by atomic mass is 10.2. The van der Waals surface area contributed by atoms with Crippen molar-refractivity contribution in [2.75, 3.05) is 31.6 Å². The van der Waals surface area contributed by atoms with E-state index in [1.54, 1.807) is 0 Å². The first-order valence-electron chi connectivity index (χ1n) is 6.57. The molecule has 1 aromatic carbocycles. The molecule has 0 unspecified atom stereocenters. The number of hydrazone groups is 1. The molecular weight excluding hydrogens is 290 g/mol. The number of nitrogens with one attached hydrogen (secondary N) is 2. The Morgan fingerprint density at radius 3 is 2.64 bits per heavy atom. The van der Waals surface area contributed by atoms with Crippen LogP contribution in [0.3, 0.4) is 0 Å². The molecule has 6 N–H and O–H groups in total. The maximum atomic E-state index is 9.94. The lowest BCUT2D eigenvalue weighted by Crippen LogP contribution is -2.28. The number of anilines is 1. The fourth-order valence-corrected chi connectivity index (χ4v) is 1.84. The standard InChI is InChI=1S/C13H17N5O4/c14-13-10(7-16-18(13)2-4-20)17-9-6-11(21)8(5-12(9)22)15-1-3-19/h5-7,14-15,19-22H,1-4H2. The fourth-order valence-electron chi connectivity index (χ4n) is 1.84. The predicted octanol–water partition coefficient (Wildman–Crippen LogP) is -0.155. The number of amidine groups is 1. The average molecular weight is 307 g/mol. The zero-order valence-corrected chi connectivity index (χ0v) is 11.7. The Balaban J connectivity index is 2.23. The molecule has 0 saturated carbocycles. The summed E-state index contributed by atoms with van der Waals surface area (Å²) >= 11 is 0. The molecule has 1 aliphatic heterocycles. The van der Waals surface area contributed by atoms with Crippen molar-refractivity contribution < 1.29 is 20.4 Å². The number of benzene rings is 1. The Morgan fingerprint density at radius 1 is 1.18 bits per heavy atom. The number of hydrogen-bond acceptors (Lipinski definition) is 8. The van der Waals surface area contributed by atoms with Gasteiger partial charge in [0.25, 0.3) is 0 Å². The Labute approximate surface area is 126 Å². The van der Waals surface area contributed by atoms with Crippen molar-refractivity contribution in [2.24, 2.45) is 10.1 Å². The number of aliphatic hydroxyl groups is 2. The van der Waals surface area contributed by atoms with Crippen molar-refractivity contribution in [3.8, 4) is 11.5 Å². The quantitative estimate of drug-likeness (QED) is 0.318. The Kier molecular flexibility index (Phi) is 4.92. The van der Waals surface area contributed by atoms with E-state index < -0.39 is 0 Å². The molecule has 0 radical (unpaired) electrons. The molecule has 0 spiro atoms. The molecule has 9 nitrogen and oxygen atoms in total. The van der Waals surface area contributed by atoms with Crippen molar-refractivity contribution in [3.63, 3.8) is 0 Å². The van der Waals surface area contributed by atoms with Gasteiger partial charge in [-0.3, -0.25) is 5.41 Å². The third-order valence-electron chi connectivity index (χ3n) is 2.89. The highest BCUT2D eigenvalue weighted by atomic mass is 16.3. The van der Waals surface area contributed by atoms with Gasteiger partial charge in [0.1, 0.15) is 22.9 Å². The van der Waals surface area contributed by atoms with E-state index in [4.69, 9.17) is 15.6 Å². The van der Waals surface area contributed by atoms with Crippen LogP contribution < -0.4 is 5.32 Å². The summed E-state index contributed by atoms with van der Waals surface area (Å²) < 4.78 is 0. The van der Waals surface area contributed by atoms with Crippen molar-refractivity contribution in [3.05, 3.63) is 12.1 Å². The molecule has 0 aromatic heterocycles. The third-order valence-corrected chi connectivity index (χ3v) is 2.89. The molecule has 118 valence electrons. The SMILES string of the molecule is N=C1C(=Nc2cc(O)c(NCCO)cc2O)C=NN1CCO. The van der Waals surface area contributed by atoms with Crippen molar-refractivity contribution >= 4 is 29.1 Å². The first-order chi connectivity index (χ1) is 10.6. The van der Waals surface area contributed by atoms with Crippen LogP contribution in [0.4, 0.5) is 11.4 Å². The second-order valence-corrected chi connectivity index (χ2v) is 4.45. The predicted molar refractivity (Wildman–Crippen MR) is 82.5 cm³/mol. The van der Waals surface area contributed by atoms with Crippen LogP contribution in [0.15, 0.2) is 22.2 Å². The van der Waals surface area contributed by atoms with Gasteiger partial charge in [0, 0.05) is 18.7 Å². The molecule has 1 heterocycles. The number of aromatic hydroxyl groups is 2. The molecule has 1 aromatic rings. The Bertz CT molecular complexity index is 629. The van der Waals surface area contributed by atoms with Crippen molar-refractivity contribution in [1.29, 1.82) is 5.41 Å². The first kappa shape index (κ1) is 15.7. The number of hydrogen-bond donors (Lipinski definition) is 6. The van der Waals surface area contributed by atoms with Gasteiger partial charge in [0.05, 0.1) is 31.7 Å². The van der Waals surface area contributed by atoms with E-state index in [-0.39, 0.29) is 60.7 Å². The largest absolute Gasteiger partial charge is 0.506 e. The molecule has 2 rings (SSSR count). The summed E-state index contributed by atoms with van der Waals surface area (Å²) in [7, 11) is 0. The van der Waals surface area contributed by atoms with Crippen molar-refractivity contribution in [1.82, 2.24) is 5.01 Å². The maximum absolute atomic E-state index is 9.94. The molecular formula is C13H17N5O4. The summed E-state index contributed by atoms with van der Waals surface area (Å²) in [5.74, 6) is -0.331. The van der Waals surface area contributed by atoms with Crippen LogP contribution >= 0.6 is 0 Å². The molecule has 0 fully saturated rings. The summed E-state index contributed by atoms with van der Waals surface area (Å²) in [6, 6.07) is 2.53. The number of phenolic OH excluding ortho intramolecular Hbond substituents is 2. The van der Waals surface area contributed by atoms with E-state index in [1.807, 2.05) is 0 Å². The number of aliphatic imine (C=N–C) groups is 1. The maximum Gasteiger partial charge on any atom is 0.169 e. The van der Waals surface area contributed by atoms with Gasteiger partial charge in [-0.2, -0.15) is 5.10 Å². The smallest absolute Gasteiger partial charge is 0.169 e. The Hall–Kier alpha value is -2.65. The molecule has 9 heteroatoms. The fraction of sp³-hybridized carbons (Fsp3) is 0.308. The van der Waals surface area contributed by atoms with Crippen LogP contribution in [-0.2, 0) is 0 Å². The van der Waals surface area contributed by atoms with Crippen LogP contribution in [0.2, 0.25) is 0 Å². The van der Waals surface area contributed by atoms with Gasteiger partial charge in [0.2, 0.25) is 0 Å². The molecule has 22 heavy (non-hydrogen) atoms. The van der Waals surface area contributed by atoms with Gasteiger partial charge in [-0.1, -0.05) is 0 Å². The Morgan fingerprint density at radius 2 is 1.95 bits per heavy atom. The van der Waals surface area contributed by atoms with Gasteiger partial charge in [0.15, 0.2) is 5.84 Å². The summed E-state index contributed by atoms with van der Waals surface area (Å²) in [4.78, 5) is 4.09. The average Bonchev–Trinajstić information content (AvgIpc) is 2.83. The third kappa shape index (κ3) is 3.32. The van der Waals surface area contributed by atoms with Crippen LogP contribution in [0.1, 0.15) is 0 Å².